The van der Waals surface area contributed by atoms with E-state index in [1.54, 1.807) is 0 Å². The van der Waals surface area contributed by atoms with Gasteiger partial charge in [0.05, 0.1) is 11.0 Å². The van der Waals surface area contributed by atoms with Crippen LogP contribution in [0.3, 0.4) is 0 Å². The van der Waals surface area contributed by atoms with Crippen LogP contribution in [0.15, 0.2) is 180 Å². The third-order valence-corrected chi connectivity index (χ3v) is 10.0. The lowest BCUT2D eigenvalue weighted by atomic mass is 9.67. The molecule has 0 saturated heterocycles. The summed E-state index contributed by atoms with van der Waals surface area (Å²) in [4.78, 5) is 15.6. The van der Waals surface area contributed by atoms with E-state index in [2.05, 4.69) is 121 Å². The van der Waals surface area contributed by atoms with Crippen LogP contribution in [0.1, 0.15) is 22.3 Å². The molecule has 4 nitrogen and oxygen atoms in total. The Morgan fingerprint density at radius 3 is 1.66 bits per heavy atom. The van der Waals surface area contributed by atoms with Crippen molar-refractivity contribution in [3.05, 3.63) is 198 Å². The van der Waals surface area contributed by atoms with Gasteiger partial charge in [0.2, 0.25) is 0 Å². The fourth-order valence-electron chi connectivity index (χ4n) is 7.94. The van der Waals surface area contributed by atoms with E-state index in [1.807, 2.05) is 54.6 Å². The Hall–Kier alpha value is -6.65. The molecule has 234 valence electrons. The van der Waals surface area contributed by atoms with Gasteiger partial charge in [-0.15, -0.1) is 0 Å². The van der Waals surface area contributed by atoms with Crippen LogP contribution >= 0.6 is 0 Å². The normalized spacial score (nSPS) is 13.0. The molecule has 0 amide bonds. The molecule has 10 rings (SSSR count). The molecule has 0 fully saturated rings. The topological polar surface area (TPSA) is 51.8 Å². The van der Waals surface area contributed by atoms with E-state index in [1.165, 1.54) is 27.8 Å². The van der Waals surface area contributed by atoms with Crippen LogP contribution in [0.25, 0.3) is 67.2 Å². The second-order valence-electron chi connectivity index (χ2n) is 12.7. The van der Waals surface area contributed by atoms with E-state index < -0.39 is 5.41 Å². The van der Waals surface area contributed by atoms with Crippen molar-refractivity contribution in [2.75, 3.05) is 0 Å². The maximum atomic E-state index is 6.47. The van der Waals surface area contributed by atoms with Gasteiger partial charge < -0.3 is 4.42 Å². The van der Waals surface area contributed by atoms with Crippen LogP contribution < -0.4 is 0 Å². The van der Waals surface area contributed by atoms with Gasteiger partial charge in [0.15, 0.2) is 17.5 Å². The monoisotopic (exact) mass is 639 g/mol. The number of aromatic nitrogens is 3. The maximum absolute atomic E-state index is 6.47. The van der Waals surface area contributed by atoms with Crippen LogP contribution in [-0.4, -0.2) is 15.0 Å². The molecule has 7 aromatic carbocycles. The first-order chi connectivity index (χ1) is 24.8. The fourth-order valence-corrected chi connectivity index (χ4v) is 7.94. The van der Waals surface area contributed by atoms with Gasteiger partial charge >= 0.3 is 0 Å². The van der Waals surface area contributed by atoms with Crippen molar-refractivity contribution >= 4 is 21.9 Å². The summed E-state index contributed by atoms with van der Waals surface area (Å²) in [5, 5.41) is 2.10. The lowest BCUT2D eigenvalue weighted by Gasteiger charge is -2.33. The summed E-state index contributed by atoms with van der Waals surface area (Å²) >= 11 is 0. The van der Waals surface area contributed by atoms with Crippen molar-refractivity contribution in [3.63, 3.8) is 0 Å². The minimum absolute atomic E-state index is 0.525. The standard InChI is InChI=1S/C46H29N3O/c1-4-16-30(17-5-1)43-47-44(49-45(48-43)37-26-14-24-34-33-22-11-13-29-40(33)50-42(34)37)36-25-15-28-39-41(36)35-23-10-12-27-38(35)46(39,31-18-6-2-7-19-31)32-20-8-3-9-21-32/h1-29H. The molecule has 0 radical (unpaired) electrons. The molecule has 4 heteroatoms. The van der Waals surface area contributed by atoms with E-state index >= 15 is 0 Å². The van der Waals surface area contributed by atoms with Crippen molar-refractivity contribution in [3.8, 4) is 45.3 Å². The largest absolute Gasteiger partial charge is 0.455 e. The molecule has 0 N–H and O–H groups in total. The number of furan rings is 1. The van der Waals surface area contributed by atoms with Crippen molar-refractivity contribution in [1.82, 2.24) is 15.0 Å². The molecule has 0 aliphatic heterocycles. The third kappa shape index (κ3) is 4.15. The molecule has 1 aliphatic carbocycles. The van der Waals surface area contributed by atoms with Gasteiger partial charge in [-0.3, -0.25) is 0 Å². The minimum atomic E-state index is -0.525. The van der Waals surface area contributed by atoms with Crippen LogP contribution in [0.5, 0.6) is 0 Å². The van der Waals surface area contributed by atoms with E-state index in [-0.39, 0.29) is 0 Å². The molecule has 0 saturated carbocycles. The average molecular weight is 640 g/mol. The first-order valence-corrected chi connectivity index (χ1v) is 16.9. The molecule has 2 heterocycles. The Kier molecular flexibility index (Phi) is 6.36. The predicted molar refractivity (Wildman–Crippen MR) is 201 cm³/mol. The van der Waals surface area contributed by atoms with Crippen LogP contribution in [0.4, 0.5) is 0 Å². The quantitative estimate of drug-likeness (QED) is 0.188. The van der Waals surface area contributed by atoms with Gasteiger partial charge in [0.25, 0.3) is 0 Å². The van der Waals surface area contributed by atoms with Crippen LogP contribution in [-0.2, 0) is 5.41 Å². The van der Waals surface area contributed by atoms with Crippen molar-refractivity contribution in [1.29, 1.82) is 0 Å². The number of rotatable bonds is 5. The highest BCUT2D eigenvalue weighted by molar-refractivity contribution is 6.09. The summed E-state index contributed by atoms with van der Waals surface area (Å²) in [6.07, 6.45) is 0. The number of fused-ring (bicyclic) bond motifs is 6. The summed E-state index contributed by atoms with van der Waals surface area (Å²) in [5.41, 5.74) is 11.0. The van der Waals surface area contributed by atoms with E-state index in [9.17, 15) is 0 Å². The van der Waals surface area contributed by atoms with Gasteiger partial charge in [0, 0.05) is 21.9 Å². The molecular formula is C46H29N3O. The van der Waals surface area contributed by atoms with Gasteiger partial charge in [-0.1, -0.05) is 164 Å². The van der Waals surface area contributed by atoms with Crippen molar-refractivity contribution in [2.24, 2.45) is 0 Å². The van der Waals surface area contributed by atoms with Crippen molar-refractivity contribution < 1.29 is 4.42 Å². The average Bonchev–Trinajstić information content (AvgIpc) is 3.73. The Bertz CT molecular complexity index is 2660. The zero-order chi connectivity index (χ0) is 33.1. The molecule has 0 unspecified atom stereocenters. The minimum Gasteiger partial charge on any atom is -0.455 e. The summed E-state index contributed by atoms with van der Waals surface area (Å²) in [7, 11) is 0. The molecule has 50 heavy (non-hydrogen) atoms. The first-order valence-electron chi connectivity index (χ1n) is 16.9. The summed E-state index contributed by atoms with van der Waals surface area (Å²) in [6, 6.07) is 61.5. The number of hydrogen-bond acceptors (Lipinski definition) is 4. The summed E-state index contributed by atoms with van der Waals surface area (Å²) in [5.74, 6) is 1.80. The number of hydrogen-bond donors (Lipinski definition) is 0. The highest BCUT2D eigenvalue weighted by Gasteiger charge is 2.47. The zero-order valence-electron chi connectivity index (χ0n) is 27.0. The van der Waals surface area contributed by atoms with Crippen molar-refractivity contribution in [2.45, 2.75) is 5.41 Å². The second-order valence-corrected chi connectivity index (χ2v) is 12.7. The summed E-state index contributed by atoms with van der Waals surface area (Å²) < 4.78 is 6.47. The lowest BCUT2D eigenvalue weighted by Crippen LogP contribution is -2.28. The Balaban J connectivity index is 1.28. The Labute approximate surface area is 289 Å². The molecule has 1 aliphatic rings. The highest BCUT2D eigenvalue weighted by Crippen LogP contribution is 2.58. The SMILES string of the molecule is c1ccc(-c2nc(-c3cccc4c3-c3ccccc3C4(c3ccccc3)c3ccccc3)nc(-c3cccc4c3oc3ccccc34)n2)cc1. The summed E-state index contributed by atoms with van der Waals surface area (Å²) in [6.45, 7) is 0. The molecular weight excluding hydrogens is 611 g/mol. The smallest absolute Gasteiger partial charge is 0.167 e. The Morgan fingerprint density at radius 1 is 0.380 bits per heavy atom. The number of para-hydroxylation sites is 2. The fraction of sp³-hybridized carbons (Fsp3) is 0.0217. The van der Waals surface area contributed by atoms with E-state index in [0.29, 0.717) is 17.5 Å². The molecule has 0 spiro atoms. The lowest BCUT2D eigenvalue weighted by molar-refractivity contribution is 0.669. The molecule has 0 atom stereocenters. The second kappa shape index (κ2) is 11.2. The maximum Gasteiger partial charge on any atom is 0.167 e. The molecule has 2 aromatic heterocycles. The third-order valence-electron chi connectivity index (χ3n) is 10.0. The number of nitrogens with zero attached hydrogens (tertiary/aromatic N) is 3. The van der Waals surface area contributed by atoms with Crippen LogP contribution in [0, 0.1) is 0 Å². The van der Waals surface area contributed by atoms with Gasteiger partial charge in [0.1, 0.15) is 11.2 Å². The van der Waals surface area contributed by atoms with Crippen LogP contribution in [0.2, 0.25) is 0 Å². The predicted octanol–water partition coefficient (Wildman–Crippen LogP) is 11.1. The zero-order valence-corrected chi connectivity index (χ0v) is 27.0. The van der Waals surface area contributed by atoms with Gasteiger partial charge in [-0.2, -0.15) is 0 Å². The van der Waals surface area contributed by atoms with E-state index in [0.717, 1.165) is 44.2 Å². The van der Waals surface area contributed by atoms with E-state index in [4.69, 9.17) is 19.4 Å². The molecule has 9 aromatic rings. The van der Waals surface area contributed by atoms with Gasteiger partial charge in [-0.25, -0.2) is 15.0 Å². The van der Waals surface area contributed by atoms with Gasteiger partial charge in [-0.05, 0) is 45.5 Å². The Morgan fingerprint density at radius 2 is 0.900 bits per heavy atom. The molecule has 0 bridgehead atoms. The first kappa shape index (κ1) is 28.4. The number of benzene rings is 7. The highest BCUT2D eigenvalue weighted by atomic mass is 16.3.